The Bertz CT molecular complexity index is 559. The third-order valence-electron chi connectivity index (χ3n) is 2.73. The normalized spacial score (nSPS) is 15.1. The number of ketones is 1. The number of Topliss-reactive ketones (excluding diaryl/α,β-unsaturated/α-hetero) is 1. The molecule has 1 aliphatic heterocycles. The Hall–Kier alpha value is -1.29. The van der Waals surface area contributed by atoms with Crippen LogP contribution in [0.4, 0.5) is 5.69 Å². The first-order valence-corrected chi connectivity index (χ1v) is 5.64. The molecule has 0 radical (unpaired) electrons. The maximum Gasteiger partial charge on any atom is 0.165 e. The minimum atomic E-state index is 0.207. The summed E-state index contributed by atoms with van der Waals surface area (Å²) in [4.78, 5) is 15.0. The van der Waals surface area contributed by atoms with Gasteiger partial charge in [-0.3, -0.25) is 4.79 Å². The monoisotopic (exact) mass is 264 g/mol. The minimum absolute atomic E-state index is 0.207. The highest BCUT2D eigenvalue weighted by molar-refractivity contribution is 9.10. The van der Waals surface area contributed by atoms with Crippen molar-refractivity contribution in [2.75, 3.05) is 11.9 Å². The first-order valence-electron chi connectivity index (χ1n) is 4.84. The highest BCUT2D eigenvalue weighted by atomic mass is 79.9. The number of rotatable bonds is 0. The Balaban J connectivity index is 2.47. The summed E-state index contributed by atoms with van der Waals surface area (Å²) in [5.74, 6) is 0.207. The Morgan fingerprint density at radius 1 is 1.33 bits per heavy atom. The van der Waals surface area contributed by atoms with Gasteiger partial charge in [-0.2, -0.15) is 0 Å². The maximum absolute atomic E-state index is 11.8. The minimum Gasteiger partial charge on any atom is -0.382 e. The molecule has 4 heteroatoms. The summed E-state index contributed by atoms with van der Waals surface area (Å²) < 4.78 is 0.916. The summed E-state index contributed by atoms with van der Waals surface area (Å²) in [5.41, 5.74) is 2.82. The zero-order valence-electron chi connectivity index (χ0n) is 7.93. The molecule has 3 nitrogen and oxygen atoms in total. The van der Waals surface area contributed by atoms with Gasteiger partial charge in [-0.1, -0.05) is 12.1 Å². The molecule has 0 fully saturated rings. The third-order valence-corrected chi connectivity index (χ3v) is 3.33. The number of benzene rings is 1. The van der Waals surface area contributed by atoms with Gasteiger partial charge in [-0.15, -0.1) is 0 Å². The molecule has 1 aliphatic rings. The average Bonchev–Trinajstić information content (AvgIpc) is 2.43. The van der Waals surface area contributed by atoms with Crippen LogP contribution in [0.15, 0.2) is 22.8 Å². The smallest absolute Gasteiger partial charge is 0.165 e. The second-order valence-corrected chi connectivity index (χ2v) is 4.44. The van der Waals surface area contributed by atoms with Crippen LogP contribution in [0.5, 0.6) is 0 Å². The third kappa shape index (κ3) is 1.21. The van der Waals surface area contributed by atoms with Crippen molar-refractivity contribution >= 4 is 38.3 Å². The van der Waals surface area contributed by atoms with Crippen molar-refractivity contribution in [3.05, 3.63) is 28.4 Å². The zero-order valence-corrected chi connectivity index (χ0v) is 9.52. The molecule has 0 aliphatic carbocycles. The molecule has 3 rings (SSSR count). The van der Waals surface area contributed by atoms with Gasteiger partial charge in [0, 0.05) is 29.4 Å². The van der Waals surface area contributed by atoms with Crippen LogP contribution in [-0.2, 0) is 0 Å². The van der Waals surface area contributed by atoms with Crippen molar-refractivity contribution in [2.24, 2.45) is 0 Å². The van der Waals surface area contributed by atoms with Crippen LogP contribution in [0.25, 0.3) is 10.9 Å². The van der Waals surface area contributed by atoms with Gasteiger partial charge in [0.15, 0.2) is 5.78 Å². The second kappa shape index (κ2) is 3.10. The van der Waals surface area contributed by atoms with E-state index < -0.39 is 0 Å². The highest BCUT2D eigenvalue weighted by Gasteiger charge is 2.20. The van der Waals surface area contributed by atoms with E-state index in [0.29, 0.717) is 13.0 Å². The largest absolute Gasteiger partial charge is 0.382 e. The molecular formula is C11H9BrN2O. The number of anilines is 1. The molecular weight excluding hydrogens is 256 g/mol. The van der Waals surface area contributed by atoms with Crippen LogP contribution >= 0.6 is 15.9 Å². The lowest BCUT2D eigenvalue weighted by Gasteiger charge is -1.99. The number of aromatic amines is 1. The second-order valence-electron chi connectivity index (χ2n) is 3.64. The lowest BCUT2D eigenvalue weighted by Crippen LogP contribution is -2.04. The molecule has 1 aromatic heterocycles. The summed E-state index contributed by atoms with van der Waals surface area (Å²) in [6.45, 7) is 0.694. The van der Waals surface area contributed by atoms with Crippen molar-refractivity contribution in [1.82, 2.24) is 4.98 Å². The topological polar surface area (TPSA) is 44.9 Å². The molecule has 0 atom stereocenters. The molecule has 0 amide bonds. The number of nitrogens with one attached hydrogen (secondary N) is 2. The van der Waals surface area contributed by atoms with E-state index in [1.54, 1.807) is 0 Å². The molecule has 76 valence electrons. The molecule has 0 saturated carbocycles. The van der Waals surface area contributed by atoms with Gasteiger partial charge in [0.1, 0.15) is 4.60 Å². The van der Waals surface area contributed by atoms with Crippen LogP contribution in [0.3, 0.4) is 0 Å². The van der Waals surface area contributed by atoms with Gasteiger partial charge in [-0.25, -0.2) is 0 Å². The van der Waals surface area contributed by atoms with Crippen molar-refractivity contribution in [2.45, 2.75) is 6.42 Å². The number of halogens is 1. The maximum atomic E-state index is 11.8. The Kier molecular flexibility index (Phi) is 1.85. The average molecular weight is 265 g/mol. The molecule has 2 aromatic rings. The van der Waals surface area contributed by atoms with Gasteiger partial charge in [0.05, 0.1) is 5.69 Å². The fraction of sp³-hybridized carbons (Fsp3) is 0.182. The van der Waals surface area contributed by atoms with Gasteiger partial charge in [-0.05, 0) is 22.0 Å². The predicted octanol–water partition coefficient (Wildman–Crippen LogP) is 2.93. The lowest BCUT2D eigenvalue weighted by atomic mass is 10.0. The number of aromatic nitrogens is 1. The highest BCUT2D eigenvalue weighted by Crippen LogP contribution is 2.35. The van der Waals surface area contributed by atoms with E-state index in [4.69, 9.17) is 0 Å². The Morgan fingerprint density at radius 2 is 2.20 bits per heavy atom. The number of hydrogen-bond donors (Lipinski definition) is 2. The summed E-state index contributed by atoms with van der Waals surface area (Å²) in [7, 11) is 0. The summed E-state index contributed by atoms with van der Waals surface area (Å²) in [6.07, 6.45) is 0.556. The predicted molar refractivity (Wildman–Crippen MR) is 63.4 cm³/mol. The first kappa shape index (κ1) is 8.97. The SMILES string of the molecule is O=C1CCNc2c(Br)[nH]c3cccc1c23. The Morgan fingerprint density at radius 3 is 3.07 bits per heavy atom. The van der Waals surface area contributed by atoms with E-state index in [0.717, 1.165) is 26.8 Å². The molecule has 0 unspecified atom stereocenters. The molecule has 0 spiro atoms. The Labute approximate surface area is 95.0 Å². The van der Waals surface area contributed by atoms with Crippen LogP contribution in [-0.4, -0.2) is 17.3 Å². The lowest BCUT2D eigenvalue weighted by molar-refractivity contribution is 0.0989. The standard InChI is InChI=1S/C11H9BrN2O/c12-11-10-9-6(8(15)4-5-13-10)2-1-3-7(9)14-11/h1-3,13-14H,4-5H2. The van der Waals surface area contributed by atoms with E-state index in [1.165, 1.54) is 0 Å². The van der Waals surface area contributed by atoms with E-state index in [-0.39, 0.29) is 5.78 Å². The number of carbonyl (C=O) groups is 1. The molecule has 0 saturated heterocycles. The van der Waals surface area contributed by atoms with Crippen molar-refractivity contribution < 1.29 is 4.79 Å². The van der Waals surface area contributed by atoms with Gasteiger partial charge in [0.25, 0.3) is 0 Å². The van der Waals surface area contributed by atoms with Crippen LogP contribution in [0.2, 0.25) is 0 Å². The summed E-state index contributed by atoms with van der Waals surface area (Å²) in [5, 5.41) is 4.28. The van der Waals surface area contributed by atoms with Gasteiger partial charge in [0.2, 0.25) is 0 Å². The number of hydrogen-bond acceptors (Lipinski definition) is 2. The molecule has 1 aromatic carbocycles. The van der Waals surface area contributed by atoms with Crippen LogP contribution in [0.1, 0.15) is 16.8 Å². The van der Waals surface area contributed by atoms with E-state index in [1.807, 2.05) is 18.2 Å². The van der Waals surface area contributed by atoms with E-state index in [2.05, 4.69) is 26.2 Å². The van der Waals surface area contributed by atoms with Crippen molar-refractivity contribution in [3.8, 4) is 0 Å². The van der Waals surface area contributed by atoms with Gasteiger partial charge >= 0.3 is 0 Å². The molecule has 15 heavy (non-hydrogen) atoms. The van der Waals surface area contributed by atoms with E-state index in [9.17, 15) is 4.79 Å². The summed E-state index contributed by atoms with van der Waals surface area (Å²) in [6, 6.07) is 5.78. The van der Waals surface area contributed by atoms with Crippen LogP contribution < -0.4 is 5.32 Å². The molecule has 2 N–H and O–H groups in total. The number of H-pyrrole nitrogens is 1. The fourth-order valence-electron chi connectivity index (χ4n) is 2.05. The van der Waals surface area contributed by atoms with Crippen molar-refractivity contribution in [3.63, 3.8) is 0 Å². The zero-order chi connectivity index (χ0) is 10.4. The first-order chi connectivity index (χ1) is 7.27. The van der Waals surface area contributed by atoms with E-state index >= 15 is 0 Å². The molecule has 0 bridgehead atoms. The fourth-order valence-corrected chi connectivity index (χ4v) is 2.60. The quantitative estimate of drug-likeness (QED) is 0.769. The van der Waals surface area contributed by atoms with Gasteiger partial charge < -0.3 is 10.3 Å². The molecule has 2 heterocycles. The number of carbonyl (C=O) groups excluding carboxylic acids is 1. The van der Waals surface area contributed by atoms with Crippen LogP contribution in [0, 0.1) is 0 Å². The summed E-state index contributed by atoms with van der Waals surface area (Å²) >= 11 is 3.46. The van der Waals surface area contributed by atoms with Crippen molar-refractivity contribution in [1.29, 1.82) is 0 Å².